The Morgan fingerprint density at radius 3 is 2.61 bits per heavy atom. The van der Waals surface area contributed by atoms with Gasteiger partial charge in [-0.15, -0.1) is 0 Å². The largest absolute Gasteiger partial charge is 0.486 e. The minimum Gasteiger partial charge on any atom is -0.486 e. The van der Waals surface area contributed by atoms with Gasteiger partial charge in [0.2, 0.25) is 5.91 Å². The number of nitrogens with zero attached hydrogens (tertiary/aromatic N) is 1. The Morgan fingerprint density at radius 2 is 1.86 bits per heavy atom. The van der Waals surface area contributed by atoms with Crippen molar-refractivity contribution >= 4 is 17.6 Å². The zero-order chi connectivity index (χ0) is 19.3. The number of anilines is 1. The molecule has 3 amide bonds. The fraction of sp³-hybridized carbons (Fsp3) is 0.333. The van der Waals surface area contributed by atoms with Gasteiger partial charge in [0, 0.05) is 25.2 Å². The zero-order valence-corrected chi connectivity index (χ0v) is 15.5. The van der Waals surface area contributed by atoms with Crippen LogP contribution in [0.1, 0.15) is 18.4 Å². The minimum atomic E-state index is -0.263. The molecule has 0 aliphatic carbocycles. The van der Waals surface area contributed by atoms with Crippen LogP contribution < -0.4 is 25.0 Å². The number of nitrogens with one attached hydrogen (secondary N) is 2. The van der Waals surface area contributed by atoms with Gasteiger partial charge in [-0.3, -0.25) is 4.79 Å². The van der Waals surface area contributed by atoms with Gasteiger partial charge in [-0.2, -0.15) is 0 Å². The van der Waals surface area contributed by atoms with Crippen LogP contribution >= 0.6 is 0 Å². The highest BCUT2D eigenvalue weighted by Crippen LogP contribution is 2.30. The maximum Gasteiger partial charge on any atom is 0.315 e. The Labute approximate surface area is 163 Å². The van der Waals surface area contributed by atoms with Crippen molar-refractivity contribution in [3.63, 3.8) is 0 Å². The van der Waals surface area contributed by atoms with E-state index in [1.54, 1.807) is 4.90 Å². The summed E-state index contributed by atoms with van der Waals surface area (Å²) >= 11 is 0. The Balaban J connectivity index is 1.21. The van der Waals surface area contributed by atoms with E-state index in [1.807, 2.05) is 48.5 Å². The molecule has 1 atom stereocenters. The number of hydrogen-bond acceptors (Lipinski definition) is 4. The van der Waals surface area contributed by atoms with Crippen LogP contribution in [-0.2, 0) is 11.3 Å². The molecule has 146 valence electrons. The molecule has 2 aromatic carbocycles. The molecule has 0 saturated carbocycles. The molecular formula is C21H23N3O4. The molecule has 0 spiro atoms. The summed E-state index contributed by atoms with van der Waals surface area (Å²) in [4.78, 5) is 25.6. The number of urea groups is 1. The van der Waals surface area contributed by atoms with Crippen LogP contribution in [0.4, 0.5) is 10.5 Å². The van der Waals surface area contributed by atoms with Gasteiger partial charge in [0.1, 0.15) is 6.61 Å². The van der Waals surface area contributed by atoms with Crippen molar-refractivity contribution in [1.29, 1.82) is 0 Å². The van der Waals surface area contributed by atoms with E-state index < -0.39 is 0 Å². The van der Waals surface area contributed by atoms with Crippen molar-refractivity contribution in [3.8, 4) is 11.5 Å². The summed E-state index contributed by atoms with van der Waals surface area (Å²) in [5, 5.41) is 5.64. The lowest BCUT2D eigenvalue weighted by Crippen LogP contribution is -2.44. The molecule has 0 bridgehead atoms. The fourth-order valence-corrected chi connectivity index (χ4v) is 3.33. The van der Waals surface area contributed by atoms with Crippen molar-refractivity contribution in [2.24, 2.45) is 0 Å². The highest BCUT2D eigenvalue weighted by Gasteiger charge is 2.22. The van der Waals surface area contributed by atoms with Crippen LogP contribution in [0.2, 0.25) is 0 Å². The van der Waals surface area contributed by atoms with E-state index in [9.17, 15) is 9.59 Å². The molecule has 0 radical (unpaired) electrons. The first kappa shape index (κ1) is 18.2. The number of fused-ring (bicyclic) bond motifs is 1. The Hall–Kier alpha value is -3.22. The third kappa shape index (κ3) is 4.19. The van der Waals surface area contributed by atoms with Crippen molar-refractivity contribution in [2.45, 2.75) is 25.5 Å². The van der Waals surface area contributed by atoms with E-state index in [4.69, 9.17) is 9.47 Å². The van der Waals surface area contributed by atoms with Crippen LogP contribution in [0.3, 0.4) is 0 Å². The van der Waals surface area contributed by atoms with Crippen LogP contribution in [0.25, 0.3) is 0 Å². The smallest absolute Gasteiger partial charge is 0.315 e. The SMILES string of the molecule is O=C(NCc1ccc(N2CCCC2=O)cc1)NC[C@@H]1COc2ccccc2O1. The molecule has 2 aromatic rings. The molecule has 28 heavy (non-hydrogen) atoms. The Bertz CT molecular complexity index is 853. The highest BCUT2D eigenvalue weighted by atomic mass is 16.6. The summed E-state index contributed by atoms with van der Waals surface area (Å²) in [6, 6.07) is 14.9. The molecular weight excluding hydrogens is 358 g/mol. The quantitative estimate of drug-likeness (QED) is 0.834. The summed E-state index contributed by atoms with van der Waals surface area (Å²) in [5.41, 5.74) is 1.88. The summed E-state index contributed by atoms with van der Waals surface area (Å²) in [7, 11) is 0. The van der Waals surface area contributed by atoms with Crippen LogP contribution in [-0.4, -0.2) is 37.7 Å². The molecule has 7 heteroatoms. The first-order chi connectivity index (χ1) is 13.7. The minimum absolute atomic E-state index is 0.168. The van der Waals surface area contributed by atoms with Gasteiger partial charge >= 0.3 is 6.03 Å². The molecule has 0 unspecified atom stereocenters. The first-order valence-electron chi connectivity index (χ1n) is 9.48. The number of ether oxygens (including phenoxy) is 2. The summed E-state index contributed by atoms with van der Waals surface area (Å²) < 4.78 is 11.4. The lowest BCUT2D eigenvalue weighted by molar-refractivity contribution is -0.117. The van der Waals surface area contributed by atoms with Crippen molar-refractivity contribution in [2.75, 3.05) is 24.6 Å². The van der Waals surface area contributed by atoms with Crippen LogP contribution in [0.15, 0.2) is 48.5 Å². The molecule has 1 fully saturated rings. The fourth-order valence-electron chi connectivity index (χ4n) is 3.33. The second kappa shape index (κ2) is 8.21. The van der Waals surface area contributed by atoms with E-state index in [1.165, 1.54) is 0 Å². The third-order valence-electron chi connectivity index (χ3n) is 4.83. The summed E-state index contributed by atoms with van der Waals surface area (Å²) in [6.45, 7) is 1.94. The molecule has 2 N–H and O–H groups in total. The number of rotatable bonds is 5. The van der Waals surface area contributed by atoms with Gasteiger partial charge in [-0.05, 0) is 36.2 Å². The molecule has 0 aromatic heterocycles. The molecule has 2 heterocycles. The number of benzene rings is 2. The lowest BCUT2D eigenvalue weighted by atomic mass is 10.2. The molecule has 4 rings (SSSR count). The molecule has 1 saturated heterocycles. The predicted octanol–water partition coefficient (Wildman–Crippen LogP) is 2.45. The maximum absolute atomic E-state index is 12.1. The van der Waals surface area contributed by atoms with E-state index in [2.05, 4.69) is 10.6 Å². The van der Waals surface area contributed by atoms with Crippen LogP contribution in [0.5, 0.6) is 11.5 Å². The van der Waals surface area contributed by atoms with Gasteiger partial charge < -0.3 is 25.0 Å². The van der Waals surface area contributed by atoms with E-state index >= 15 is 0 Å². The summed E-state index contributed by atoms with van der Waals surface area (Å²) in [6.07, 6.45) is 1.30. The number of amides is 3. The standard InChI is InChI=1S/C21H23N3O4/c25-20-6-3-11-24(20)16-9-7-15(8-10-16)12-22-21(26)23-13-17-14-27-18-4-1-2-5-19(18)28-17/h1-2,4-5,7-10,17H,3,6,11-14H2,(H2,22,23,26)/t17-/m1/s1. The third-order valence-corrected chi connectivity index (χ3v) is 4.83. The van der Waals surface area contributed by atoms with Crippen LogP contribution in [0, 0.1) is 0 Å². The Morgan fingerprint density at radius 1 is 1.07 bits per heavy atom. The average molecular weight is 381 g/mol. The normalized spacial score (nSPS) is 18.1. The van der Waals surface area contributed by atoms with E-state index in [0.29, 0.717) is 31.9 Å². The second-order valence-corrected chi connectivity index (χ2v) is 6.88. The van der Waals surface area contributed by atoms with Gasteiger partial charge in [-0.1, -0.05) is 24.3 Å². The number of carbonyl (C=O) groups excluding carboxylic acids is 2. The van der Waals surface area contributed by atoms with E-state index in [0.717, 1.165) is 30.0 Å². The topological polar surface area (TPSA) is 79.9 Å². The number of para-hydroxylation sites is 2. The van der Waals surface area contributed by atoms with Gasteiger partial charge in [0.15, 0.2) is 17.6 Å². The van der Waals surface area contributed by atoms with Crippen molar-refractivity contribution in [3.05, 3.63) is 54.1 Å². The number of hydrogen-bond donors (Lipinski definition) is 2. The zero-order valence-electron chi connectivity index (χ0n) is 15.5. The predicted molar refractivity (Wildman–Crippen MR) is 105 cm³/mol. The van der Waals surface area contributed by atoms with E-state index in [-0.39, 0.29) is 18.0 Å². The molecule has 2 aliphatic heterocycles. The van der Waals surface area contributed by atoms with Gasteiger partial charge in [-0.25, -0.2) is 4.79 Å². The number of carbonyl (C=O) groups is 2. The lowest BCUT2D eigenvalue weighted by Gasteiger charge is -2.26. The highest BCUT2D eigenvalue weighted by molar-refractivity contribution is 5.95. The van der Waals surface area contributed by atoms with Gasteiger partial charge in [0.25, 0.3) is 0 Å². The molecule has 2 aliphatic rings. The maximum atomic E-state index is 12.1. The first-order valence-corrected chi connectivity index (χ1v) is 9.48. The monoisotopic (exact) mass is 381 g/mol. The van der Waals surface area contributed by atoms with Gasteiger partial charge in [0.05, 0.1) is 6.54 Å². The average Bonchev–Trinajstić information content (AvgIpc) is 3.17. The molecule has 7 nitrogen and oxygen atoms in total. The Kier molecular flexibility index (Phi) is 5.32. The van der Waals surface area contributed by atoms with Crippen molar-refractivity contribution in [1.82, 2.24) is 10.6 Å². The van der Waals surface area contributed by atoms with Crippen molar-refractivity contribution < 1.29 is 19.1 Å². The second-order valence-electron chi connectivity index (χ2n) is 6.88. The summed E-state index contributed by atoms with van der Waals surface area (Å²) in [5.74, 6) is 1.58.